The number of thioether (sulfide) groups is 1. The molecule has 1 aliphatic rings. The van der Waals surface area contributed by atoms with Crippen LogP contribution in [0.3, 0.4) is 0 Å². The maximum atomic E-state index is 13.1. The predicted octanol–water partition coefficient (Wildman–Crippen LogP) is 4.60. The second kappa shape index (κ2) is 11.1. The summed E-state index contributed by atoms with van der Waals surface area (Å²) in [5, 5.41) is 0. The average Bonchev–Trinajstić information content (AvgIpc) is 2.79. The molecule has 0 bridgehead atoms. The standard InChI is InChI=1S/C24H30N2O4S/c1-4-29-22-11-8-19(16-20(22)17-31-21-9-6-18(3)7-10-21)23(27)25-12-14-26(15-13-25)24(28)30-5-2/h6-11,16H,4-5,12-15,17H2,1-3H3. The molecule has 166 valence electrons. The van der Waals surface area contributed by atoms with Gasteiger partial charge in [0, 0.05) is 48.0 Å². The molecule has 1 fully saturated rings. The third kappa shape index (κ3) is 6.17. The molecule has 0 aliphatic carbocycles. The fourth-order valence-corrected chi connectivity index (χ4v) is 4.28. The van der Waals surface area contributed by atoms with E-state index in [9.17, 15) is 9.59 Å². The Bertz CT molecular complexity index is 893. The van der Waals surface area contributed by atoms with Crippen LogP contribution in [0.2, 0.25) is 0 Å². The Morgan fingerprint density at radius 2 is 1.61 bits per heavy atom. The first-order valence-corrected chi connectivity index (χ1v) is 11.7. The summed E-state index contributed by atoms with van der Waals surface area (Å²) in [6.45, 7) is 8.71. The highest BCUT2D eigenvalue weighted by atomic mass is 32.2. The lowest BCUT2D eigenvalue weighted by Gasteiger charge is -2.34. The van der Waals surface area contributed by atoms with E-state index < -0.39 is 0 Å². The van der Waals surface area contributed by atoms with Crippen molar-refractivity contribution in [2.75, 3.05) is 39.4 Å². The normalized spacial score (nSPS) is 13.8. The van der Waals surface area contributed by atoms with Crippen LogP contribution in [-0.2, 0) is 10.5 Å². The van der Waals surface area contributed by atoms with Gasteiger partial charge in [-0.05, 0) is 51.1 Å². The van der Waals surface area contributed by atoms with Crippen LogP contribution in [0.5, 0.6) is 5.75 Å². The zero-order valence-corrected chi connectivity index (χ0v) is 19.2. The molecule has 0 N–H and O–H groups in total. The molecule has 0 spiro atoms. The van der Waals surface area contributed by atoms with E-state index in [4.69, 9.17) is 9.47 Å². The van der Waals surface area contributed by atoms with Gasteiger partial charge in [-0.3, -0.25) is 4.79 Å². The van der Waals surface area contributed by atoms with Gasteiger partial charge in [0.25, 0.3) is 5.91 Å². The second-order valence-electron chi connectivity index (χ2n) is 7.34. The Kier molecular flexibility index (Phi) is 8.23. The molecule has 7 heteroatoms. The topological polar surface area (TPSA) is 59.1 Å². The fourth-order valence-electron chi connectivity index (χ4n) is 3.41. The molecule has 31 heavy (non-hydrogen) atoms. The largest absolute Gasteiger partial charge is 0.494 e. The first kappa shape index (κ1) is 23.0. The molecule has 3 rings (SSSR count). The maximum Gasteiger partial charge on any atom is 0.409 e. The molecule has 1 aliphatic heterocycles. The quantitative estimate of drug-likeness (QED) is 0.587. The summed E-state index contributed by atoms with van der Waals surface area (Å²) in [5.74, 6) is 1.51. The van der Waals surface area contributed by atoms with E-state index in [-0.39, 0.29) is 12.0 Å². The molecule has 2 amide bonds. The SMILES string of the molecule is CCOC(=O)N1CCN(C(=O)c2ccc(OCC)c(CSc3ccc(C)cc3)c2)CC1. The van der Waals surface area contributed by atoms with Crippen LogP contribution in [0.4, 0.5) is 4.79 Å². The highest BCUT2D eigenvalue weighted by Crippen LogP contribution is 2.29. The predicted molar refractivity (Wildman–Crippen MR) is 123 cm³/mol. The van der Waals surface area contributed by atoms with Crippen LogP contribution < -0.4 is 4.74 Å². The van der Waals surface area contributed by atoms with Crippen molar-refractivity contribution in [1.82, 2.24) is 9.80 Å². The Morgan fingerprint density at radius 1 is 0.935 bits per heavy atom. The van der Waals surface area contributed by atoms with Gasteiger partial charge >= 0.3 is 6.09 Å². The van der Waals surface area contributed by atoms with Gasteiger partial charge in [-0.2, -0.15) is 0 Å². The van der Waals surface area contributed by atoms with Gasteiger partial charge in [-0.25, -0.2) is 4.79 Å². The number of carbonyl (C=O) groups is 2. The number of piperazine rings is 1. The third-order valence-electron chi connectivity index (χ3n) is 5.12. The highest BCUT2D eigenvalue weighted by Gasteiger charge is 2.26. The third-order valence-corrected chi connectivity index (χ3v) is 6.18. The minimum absolute atomic E-state index is 0.0202. The Balaban J connectivity index is 1.68. The van der Waals surface area contributed by atoms with E-state index >= 15 is 0 Å². The number of benzene rings is 2. The minimum atomic E-state index is -0.314. The number of ether oxygens (including phenoxy) is 2. The molecule has 0 radical (unpaired) electrons. The van der Waals surface area contributed by atoms with Crippen molar-refractivity contribution < 1.29 is 19.1 Å². The summed E-state index contributed by atoms with van der Waals surface area (Å²) >= 11 is 1.72. The van der Waals surface area contributed by atoms with Crippen LogP contribution in [0.25, 0.3) is 0 Å². The number of hydrogen-bond donors (Lipinski definition) is 0. The van der Waals surface area contributed by atoms with E-state index in [0.29, 0.717) is 45.0 Å². The zero-order valence-electron chi connectivity index (χ0n) is 18.4. The van der Waals surface area contributed by atoms with E-state index in [1.807, 2.05) is 25.1 Å². The fraction of sp³-hybridized carbons (Fsp3) is 0.417. The van der Waals surface area contributed by atoms with Gasteiger partial charge in [-0.15, -0.1) is 11.8 Å². The molecule has 2 aromatic rings. The van der Waals surface area contributed by atoms with E-state index in [2.05, 4.69) is 31.2 Å². The Hall–Kier alpha value is -2.67. The maximum absolute atomic E-state index is 13.1. The Labute approximate surface area is 188 Å². The number of aryl methyl sites for hydroxylation is 1. The van der Waals surface area contributed by atoms with E-state index in [1.54, 1.807) is 28.5 Å². The molecule has 0 aromatic heterocycles. The van der Waals surface area contributed by atoms with Gasteiger partial charge in [-0.1, -0.05) is 17.7 Å². The first-order chi connectivity index (χ1) is 15.0. The first-order valence-electron chi connectivity index (χ1n) is 10.7. The van der Waals surface area contributed by atoms with Crippen LogP contribution in [-0.4, -0.2) is 61.2 Å². The van der Waals surface area contributed by atoms with Gasteiger partial charge < -0.3 is 19.3 Å². The van der Waals surface area contributed by atoms with Crippen molar-refractivity contribution in [3.8, 4) is 5.75 Å². The van der Waals surface area contributed by atoms with Crippen LogP contribution >= 0.6 is 11.8 Å². The van der Waals surface area contributed by atoms with Crippen molar-refractivity contribution in [3.05, 3.63) is 59.2 Å². The monoisotopic (exact) mass is 442 g/mol. The zero-order chi connectivity index (χ0) is 22.2. The van der Waals surface area contributed by atoms with Crippen molar-refractivity contribution in [2.45, 2.75) is 31.4 Å². The number of rotatable bonds is 7. The summed E-state index contributed by atoms with van der Waals surface area (Å²) in [5.41, 5.74) is 2.88. The summed E-state index contributed by atoms with van der Waals surface area (Å²) < 4.78 is 10.8. The summed E-state index contributed by atoms with van der Waals surface area (Å²) in [4.78, 5) is 29.6. The van der Waals surface area contributed by atoms with Crippen molar-refractivity contribution >= 4 is 23.8 Å². The molecular weight excluding hydrogens is 412 g/mol. The van der Waals surface area contributed by atoms with Gasteiger partial charge in [0.05, 0.1) is 13.2 Å². The number of carbonyl (C=O) groups excluding carboxylic acids is 2. The van der Waals surface area contributed by atoms with E-state index in [0.717, 1.165) is 17.1 Å². The molecule has 0 unspecified atom stereocenters. The number of hydrogen-bond acceptors (Lipinski definition) is 5. The number of nitrogens with zero attached hydrogens (tertiary/aromatic N) is 2. The summed E-state index contributed by atoms with van der Waals surface area (Å²) in [6, 6.07) is 14.1. The molecule has 2 aromatic carbocycles. The van der Waals surface area contributed by atoms with Crippen molar-refractivity contribution in [2.24, 2.45) is 0 Å². The van der Waals surface area contributed by atoms with Gasteiger partial charge in [0.15, 0.2) is 0 Å². The molecule has 1 heterocycles. The second-order valence-corrected chi connectivity index (χ2v) is 8.38. The van der Waals surface area contributed by atoms with Crippen LogP contribution in [0, 0.1) is 6.92 Å². The lowest BCUT2D eigenvalue weighted by molar-refractivity contribution is 0.0570. The molecule has 6 nitrogen and oxygen atoms in total. The molecular formula is C24H30N2O4S. The van der Waals surface area contributed by atoms with Crippen molar-refractivity contribution in [3.63, 3.8) is 0 Å². The highest BCUT2D eigenvalue weighted by molar-refractivity contribution is 7.98. The van der Waals surface area contributed by atoms with Crippen LogP contribution in [0.15, 0.2) is 47.4 Å². The Morgan fingerprint density at radius 3 is 2.26 bits per heavy atom. The smallest absolute Gasteiger partial charge is 0.409 e. The molecule has 0 atom stereocenters. The lowest BCUT2D eigenvalue weighted by atomic mass is 10.1. The minimum Gasteiger partial charge on any atom is -0.494 e. The summed E-state index contributed by atoms with van der Waals surface area (Å²) in [7, 11) is 0. The summed E-state index contributed by atoms with van der Waals surface area (Å²) in [6.07, 6.45) is -0.314. The molecule has 1 saturated heterocycles. The average molecular weight is 443 g/mol. The van der Waals surface area contributed by atoms with Gasteiger partial charge in [0.1, 0.15) is 5.75 Å². The van der Waals surface area contributed by atoms with Crippen LogP contribution in [0.1, 0.15) is 35.3 Å². The van der Waals surface area contributed by atoms with Gasteiger partial charge in [0.2, 0.25) is 0 Å². The number of amides is 2. The van der Waals surface area contributed by atoms with Crippen molar-refractivity contribution in [1.29, 1.82) is 0 Å². The van der Waals surface area contributed by atoms with E-state index in [1.165, 1.54) is 10.5 Å². The molecule has 0 saturated carbocycles. The lowest BCUT2D eigenvalue weighted by Crippen LogP contribution is -2.50.